The molecule has 1 nitrogen and oxygen atoms in total. The highest BCUT2D eigenvalue weighted by Gasteiger charge is 2.53. The van der Waals surface area contributed by atoms with Gasteiger partial charge in [-0.3, -0.25) is 0 Å². The second kappa shape index (κ2) is 2.42. The fourth-order valence-corrected chi connectivity index (χ4v) is 3.18. The molecular weight excluding hydrogens is 142 g/mol. The summed E-state index contributed by atoms with van der Waals surface area (Å²) in [5.74, 6) is 4.66. The molecule has 0 spiro atoms. The number of thioether (sulfide) groups is 1. The number of nitrogens with zero attached hydrogens (tertiary/aromatic N) is 1. The van der Waals surface area contributed by atoms with E-state index in [1.165, 1.54) is 18.8 Å². The van der Waals surface area contributed by atoms with Crippen LogP contribution in [0, 0.1) is 17.8 Å². The quantitative estimate of drug-likeness (QED) is 0.592. The largest absolute Gasteiger partial charge is 0.306 e. The Bertz CT molecular complexity index is 118. The summed E-state index contributed by atoms with van der Waals surface area (Å²) in [6, 6.07) is 0. The standard InChI is InChI=1S/C8H15NS/c1-9-3-6-7(4-9)8(6)5-10-2/h6-8H,3-5H2,1-2H3/t6-,7+,8+. The summed E-state index contributed by atoms with van der Waals surface area (Å²) in [5.41, 5.74) is 0. The fourth-order valence-electron chi connectivity index (χ4n) is 2.30. The first kappa shape index (κ1) is 6.99. The molecule has 2 fully saturated rings. The van der Waals surface area contributed by atoms with Gasteiger partial charge in [0, 0.05) is 13.1 Å². The second-order valence-corrected chi connectivity index (χ2v) is 4.58. The Kier molecular flexibility index (Phi) is 1.69. The molecule has 1 saturated carbocycles. The van der Waals surface area contributed by atoms with Gasteiger partial charge in [-0.1, -0.05) is 0 Å². The predicted molar refractivity (Wildman–Crippen MR) is 46.3 cm³/mol. The third kappa shape index (κ3) is 0.978. The van der Waals surface area contributed by atoms with E-state index in [1.54, 1.807) is 0 Å². The average molecular weight is 157 g/mol. The Labute approximate surface area is 67.2 Å². The molecule has 1 saturated heterocycles. The molecule has 0 N–H and O–H groups in total. The zero-order valence-corrected chi connectivity index (χ0v) is 7.53. The van der Waals surface area contributed by atoms with Gasteiger partial charge in [0.1, 0.15) is 0 Å². The van der Waals surface area contributed by atoms with Crippen molar-refractivity contribution in [2.24, 2.45) is 17.8 Å². The van der Waals surface area contributed by atoms with Crippen molar-refractivity contribution < 1.29 is 0 Å². The van der Waals surface area contributed by atoms with Crippen molar-refractivity contribution in [3.8, 4) is 0 Å². The van der Waals surface area contributed by atoms with Gasteiger partial charge in [-0.05, 0) is 36.8 Å². The summed E-state index contributed by atoms with van der Waals surface area (Å²) in [4.78, 5) is 2.46. The van der Waals surface area contributed by atoms with Crippen molar-refractivity contribution in [2.45, 2.75) is 0 Å². The van der Waals surface area contributed by atoms with Crippen LogP contribution in [0.5, 0.6) is 0 Å². The number of rotatable bonds is 2. The van der Waals surface area contributed by atoms with Crippen molar-refractivity contribution in [1.29, 1.82) is 0 Å². The van der Waals surface area contributed by atoms with Crippen molar-refractivity contribution >= 4 is 11.8 Å². The van der Waals surface area contributed by atoms with Gasteiger partial charge in [0.25, 0.3) is 0 Å². The summed E-state index contributed by atoms with van der Waals surface area (Å²) < 4.78 is 0. The summed E-state index contributed by atoms with van der Waals surface area (Å²) >= 11 is 2.01. The molecule has 2 heteroatoms. The molecule has 2 rings (SSSR count). The topological polar surface area (TPSA) is 3.24 Å². The van der Waals surface area contributed by atoms with Crippen LogP contribution >= 0.6 is 11.8 Å². The second-order valence-electron chi connectivity index (χ2n) is 3.67. The lowest BCUT2D eigenvalue weighted by molar-refractivity contribution is 0.352. The van der Waals surface area contributed by atoms with Crippen molar-refractivity contribution in [1.82, 2.24) is 4.90 Å². The molecule has 10 heavy (non-hydrogen) atoms. The van der Waals surface area contributed by atoms with E-state index in [4.69, 9.17) is 0 Å². The lowest BCUT2D eigenvalue weighted by Gasteiger charge is -2.11. The van der Waals surface area contributed by atoms with Gasteiger partial charge < -0.3 is 4.90 Å². The van der Waals surface area contributed by atoms with E-state index < -0.39 is 0 Å². The minimum atomic E-state index is 1.08. The maximum absolute atomic E-state index is 2.46. The highest BCUT2D eigenvalue weighted by atomic mass is 32.2. The van der Waals surface area contributed by atoms with Crippen LogP contribution in [0.1, 0.15) is 0 Å². The summed E-state index contributed by atoms with van der Waals surface area (Å²) in [5, 5.41) is 0. The Morgan fingerprint density at radius 2 is 2.00 bits per heavy atom. The van der Waals surface area contributed by atoms with E-state index in [0.29, 0.717) is 0 Å². The molecule has 0 unspecified atom stereocenters. The van der Waals surface area contributed by atoms with E-state index in [-0.39, 0.29) is 0 Å². The lowest BCUT2D eigenvalue weighted by atomic mass is 10.3. The molecule has 1 aliphatic heterocycles. The molecule has 0 aromatic carbocycles. The lowest BCUT2D eigenvalue weighted by Crippen LogP contribution is -2.19. The average Bonchev–Trinajstić information content (AvgIpc) is 2.43. The monoisotopic (exact) mass is 157 g/mol. The maximum Gasteiger partial charge on any atom is 0.00130 e. The van der Waals surface area contributed by atoms with E-state index >= 15 is 0 Å². The Morgan fingerprint density at radius 1 is 1.40 bits per heavy atom. The van der Waals surface area contributed by atoms with Gasteiger partial charge in [0.05, 0.1) is 0 Å². The Morgan fingerprint density at radius 3 is 2.50 bits per heavy atom. The zero-order valence-electron chi connectivity index (χ0n) is 6.71. The molecule has 3 atom stereocenters. The van der Waals surface area contributed by atoms with Crippen molar-refractivity contribution in [3.05, 3.63) is 0 Å². The third-order valence-corrected chi connectivity index (χ3v) is 3.63. The number of likely N-dealkylation sites (tertiary alicyclic amines) is 1. The highest BCUT2D eigenvalue weighted by molar-refractivity contribution is 7.98. The fraction of sp³-hybridized carbons (Fsp3) is 1.00. The Hall–Kier alpha value is 0.310. The SMILES string of the molecule is CSC[C@@H]1[C@H]2CN(C)C[C@@H]12. The molecular formula is C8H15NS. The smallest absolute Gasteiger partial charge is 0.00130 e. The summed E-state index contributed by atoms with van der Waals surface area (Å²) in [6.07, 6.45) is 2.22. The van der Waals surface area contributed by atoms with Crippen LogP contribution in [0.15, 0.2) is 0 Å². The minimum Gasteiger partial charge on any atom is -0.306 e. The van der Waals surface area contributed by atoms with Crippen LogP contribution in [-0.4, -0.2) is 37.0 Å². The van der Waals surface area contributed by atoms with Crippen LogP contribution in [0.3, 0.4) is 0 Å². The van der Waals surface area contributed by atoms with Crippen LogP contribution < -0.4 is 0 Å². The first-order valence-electron chi connectivity index (χ1n) is 4.00. The molecule has 0 aromatic heterocycles. The van der Waals surface area contributed by atoms with E-state index in [9.17, 15) is 0 Å². The predicted octanol–water partition coefficient (Wildman–Crippen LogP) is 1.16. The molecule has 0 aromatic rings. The first-order valence-corrected chi connectivity index (χ1v) is 5.40. The minimum absolute atomic E-state index is 1.08. The van der Waals surface area contributed by atoms with Gasteiger partial charge in [0.15, 0.2) is 0 Å². The van der Waals surface area contributed by atoms with Gasteiger partial charge in [-0.25, -0.2) is 0 Å². The van der Waals surface area contributed by atoms with Gasteiger partial charge in [-0.15, -0.1) is 0 Å². The normalized spacial score (nSPS) is 45.6. The summed E-state index contributed by atoms with van der Waals surface area (Å²) in [7, 11) is 2.24. The summed E-state index contributed by atoms with van der Waals surface area (Å²) in [6.45, 7) is 2.74. The van der Waals surface area contributed by atoms with E-state index in [2.05, 4.69) is 18.2 Å². The van der Waals surface area contributed by atoms with Crippen LogP contribution in [0.25, 0.3) is 0 Å². The number of hydrogen-bond donors (Lipinski definition) is 0. The Balaban J connectivity index is 1.81. The molecule has 58 valence electrons. The highest BCUT2D eigenvalue weighted by Crippen LogP contribution is 2.52. The van der Waals surface area contributed by atoms with Gasteiger partial charge in [0.2, 0.25) is 0 Å². The number of hydrogen-bond acceptors (Lipinski definition) is 2. The first-order chi connectivity index (χ1) is 4.83. The van der Waals surface area contributed by atoms with E-state index in [1.807, 2.05) is 11.8 Å². The molecule has 0 radical (unpaired) electrons. The molecule has 0 amide bonds. The maximum atomic E-state index is 2.46. The van der Waals surface area contributed by atoms with Crippen LogP contribution in [0.4, 0.5) is 0 Å². The molecule has 2 aliphatic rings. The van der Waals surface area contributed by atoms with Crippen LogP contribution in [0.2, 0.25) is 0 Å². The molecule has 0 bridgehead atoms. The van der Waals surface area contributed by atoms with Crippen molar-refractivity contribution in [2.75, 3.05) is 32.1 Å². The molecule has 1 aliphatic carbocycles. The van der Waals surface area contributed by atoms with Gasteiger partial charge in [-0.2, -0.15) is 11.8 Å². The van der Waals surface area contributed by atoms with Gasteiger partial charge >= 0.3 is 0 Å². The number of piperidine rings is 1. The van der Waals surface area contributed by atoms with Crippen LogP contribution in [-0.2, 0) is 0 Å². The number of fused-ring (bicyclic) bond motifs is 1. The zero-order chi connectivity index (χ0) is 7.14. The van der Waals surface area contributed by atoms with Crippen molar-refractivity contribution in [3.63, 3.8) is 0 Å². The third-order valence-electron chi connectivity index (χ3n) is 2.91. The molecule has 1 heterocycles. The van der Waals surface area contributed by atoms with E-state index in [0.717, 1.165) is 17.8 Å².